The van der Waals surface area contributed by atoms with Crippen LogP contribution in [0.15, 0.2) is 0 Å². The van der Waals surface area contributed by atoms with Crippen LogP contribution < -0.4 is 10.0 Å². The normalized spacial score (nSPS) is 41.2. The van der Waals surface area contributed by atoms with Crippen molar-refractivity contribution < 1.29 is 8.42 Å². The van der Waals surface area contributed by atoms with Crippen molar-refractivity contribution in [3.8, 4) is 0 Å². The van der Waals surface area contributed by atoms with Crippen molar-refractivity contribution in [3.63, 3.8) is 0 Å². The fourth-order valence-corrected chi connectivity index (χ4v) is 5.49. The van der Waals surface area contributed by atoms with E-state index in [4.69, 9.17) is 0 Å². The molecular formula is C12H22N2O2S. The lowest BCUT2D eigenvalue weighted by Crippen LogP contribution is -2.43. The molecule has 0 aromatic carbocycles. The summed E-state index contributed by atoms with van der Waals surface area (Å²) in [5.74, 6) is 1.67. The molecule has 0 aromatic heterocycles. The highest BCUT2D eigenvalue weighted by Crippen LogP contribution is 2.44. The van der Waals surface area contributed by atoms with Gasteiger partial charge in [-0.05, 0) is 50.5 Å². The maximum atomic E-state index is 12.1. The molecule has 3 fully saturated rings. The van der Waals surface area contributed by atoms with Crippen LogP contribution in [0, 0.1) is 11.8 Å². The molecule has 4 unspecified atom stereocenters. The number of hydrogen-bond donors (Lipinski definition) is 2. The third kappa shape index (κ3) is 2.66. The van der Waals surface area contributed by atoms with E-state index < -0.39 is 10.0 Å². The number of nitrogens with one attached hydrogen (secondary N) is 2. The van der Waals surface area contributed by atoms with Gasteiger partial charge < -0.3 is 5.32 Å². The summed E-state index contributed by atoms with van der Waals surface area (Å²) in [6.45, 7) is 0.967. The number of fused-ring (bicyclic) bond motifs is 2. The average Bonchev–Trinajstić information content (AvgIpc) is 2.91. The maximum Gasteiger partial charge on any atom is 0.213 e. The molecule has 2 saturated carbocycles. The number of hydrogen-bond acceptors (Lipinski definition) is 3. The molecule has 3 aliphatic rings. The van der Waals surface area contributed by atoms with Gasteiger partial charge in [0.1, 0.15) is 0 Å². The lowest BCUT2D eigenvalue weighted by atomic mass is 9.96. The maximum absolute atomic E-state index is 12.1. The summed E-state index contributed by atoms with van der Waals surface area (Å²) in [5.41, 5.74) is 0. The minimum Gasteiger partial charge on any atom is -0.313 e. The van der Waals surface area contributed by atoms with Gasteiger partial charge in [-0.2, -0.15) is 0 Å². The van der Waals surface area contributed by atoms with Crippen LogP contribution in [0.5, 0.6) is 0 Å². The van der Waals surface area contributed by atoms with E-state index in [1.54, 1.807) is 0 Å². The summed E-state index contributed by atoms with van der Waals surface area (Å²) in [6, 6.07) is 0.409. The summed E-state index contributed by atoms with van der Waals surface area (Å²) in [6.07, 6.45) is 6.95. The Morgan fingerprint density at radius 1 is 1.18 bits per heavy atom. The van der Waals surface area contributed by atoms with Crippen LogP contribution in [0.2, 0.25) is 0 Å². The molecule has 2 bridgehead atoms. The Balaban J connectivity index is 1.56. The van der Waals surface area contributed by atoms with Crippen molar-refractivity contribution in [3.05, 3.63) is 0 Å². The SMILES string of the molecule is O=S(=O)(CC1CCCN1)NC1CC2CCC1C2. The predicted octanol–water partition coefficient (Wildman–Crippen LogP) is 0.846. The van der Waals surface area contributed by atoms with Gasteiger partial charge in [0.25, 0.3) is 0 Å². The molecule has 4 atom stereocenters. The van der Waals surface area contributed by atoms with Crippen LogP contribution in [0.25, 0.3) is 0 Å². The third-order valence-corrected chi connectivity index (χ3v) is 6.16. The second-order valence-electron chi connectivity index (χ2n) is 5.97. The van der Waals surface area contributed by atoms with E-state index in [-0.39, 0.29) is 17.8 Å². The highest BCUT2D eigenvalue weighted by atomic mass is 32.2. The minimum absolute atomic E-state index is 0.172. The van der Waals surface area contributed by atoms with Gasteiger partial charge in [-0.25, -0.2) is 13.1 Å². The number of rotatable bonds is 4. The first-order valence-corrected chi connectivity index (χ1v) is 8.51. The van der Waals surface area contributed by atoms with Crippen LogP contribution in [0.1, 0.15) is 38.5 Å². The average molecular weight is 258 g/mol. The Labute approximate surface area is 104 Å². The van der Waals surface area contributed by atoms with Crippen molar-refractivity contribution in [1.29, 1.82) is 0 Å². The van der Waals surface area contributed by atoms with Gasteiger partial charge in [0.05, 0.1) is 5.75 Å². The Hall–Kier alpha value is -0.130. The monoisotopic (exact) mass is 258 g/mol. The zero-order valence-corrected chi connectivity index (χ0v) is 11.0. The Morgan fingerprint density at radius 2 is 2.06 bits per heavy atom. The van der Waals surface area contributed by atoms with Crippen molar-refractivity contribution in [2.45, 2.75) is 50.6 Å². The summed E-state index contributed by atoms with van der Waals surface area (Å²) in [4.78, 5) is 0. The molecule has 2 aliphatic carbocycles. The van der Waals surface area contributed by atoms with Crippen LogP contribution in [0.3, 0.4) is 0 Å². The summed E-state index contributed by atoms with van der Waals surface area (Å²) < 4.78 is 27.1. The number of sulfonamides is 1. The molecule has 2 N–H and O–H groups in total. The zero-order chi connectivity index (χ0) is 11.9. The first-order valence-electron chi connectivity index (χ1n) is 6.86. The lowest BCUT2D eigenvalue weighted by molar-refractivity contribution is 0.389. The van der Waals surface area contributed by atoms with Crippen LogP contribution in [0.4, 0.5) is 0 Å². The topological polar surface area (TPSA) is 58.2 Å². The molecule has 17 heavy (non-hydrogen) atoms. The van der Waals surface area contributed by atoms with E-state index in [0.29, 0.717) is 5.92 Å². The molecule has 0 amide bonds. The Morgan fingerprint density at radius 3 is 2.65 bits per heavy atom. The van der Waals surface area contributed by atoms with Crippen LogP contribution in [-0.4, -0.2) is 32.8 Å². The summed E-state index contributed by atoms with van der Waals surface area (Å²) >= 11 is 0. The molecule has 4 nitrogen and oxygen atoms in total. The second-order valence-corrected chi connectivity index (χ2v) is 7.77. The third-order valence-electron chi connectivity index (χ3n) is 4.65. The minimum atomic E-state index is -3.08. The fraction of sp³-hybridized carbons (Fsp3) is 1.00. The van der Waals surface area contributed by atoms with E-state index >= 15 is 0 Å². The predicted molar refractivity (Wildman–Crippen MR) is 67.2 cm³/mol. The van der Waals surface area contributed by atoms with Crippen molar-refractivity contribution in [2.75, 3.05) is 12.3 Å². The molecule has 1 heterocycles. The Bertz CT molecular complexity index is 376. The van der Waals surface area contributed by atoms with Gasteiger partial charge in [-0.3, -0.25) is 0 Å². The molecule has 98 valence electrons. The van der Waals surface area contributed by atoms with Gasteiger partial charge in [-0.15, -0.1) is 0 Å². The lowest BCUT2D eigenvalue weighted by Gasteiger charge is -2.23. The van der Waals surface area contributed by atoms with Crippen molar-refractivity contribution in [1.82, 2.24) is 10.0 Å². The van der Waals surface area contributed by atoms with E-state index in [1.807, 2.05) is 0 Å². The summed E-state index contributed by atoms with van der Waals surface area (Å²) in [7, 11) is -3.08. The van der Waals surface area contributed by atoms with Gasteiger partial charge in [0.2, 0.25) is 10.0 Å². The molecule has 0 spiro atoms. The molecular weight excluding hydrogens is 236 g/mol. The van der Waals surface area contributed by atoms with Gasteiger partial charge in [0.15, 0.2) is 0 Å². The molecule has 0 aromatic rings. The second kappa shape index (κ2) is 4.52. The largest absolute Gasteiger partial charge is 0.313 e. The summed E-state index contributed by atoms with van der Waals surface area (Å²) in [5, 5.41) is 3.25. The van der Waals surface area contributed by atoms with E-state index in [9.17, 15) is 8.42 Å². The molecule has 5 heteroatoms. The van der Waals surface area contributed by atoms with E-state index in [1.165, 1.54) is 19.3 Å². The van der Waals surface area contributed by atoms with Gasteiger partial charge >= 0.3 is 0 Å². The van der Waals surface area contributed by atoms with Crippen LogP contribution in [-0.2, 0) is 10.0 Å². The highest BCUT2D eigenvalue weighted by molar-refractivity contribution is 7.89. The molecule has 3 rings (SSSR count). The first-order chi connectivity index (χ1) is 8.12. The van der Waals surface area contributed by atoms with Crippen molar-refractivity contribution in [2.24, 2.45) is 11.8 Å². The first kappa shape index (κ1) is 11.9. The fourth-order valence-electron chi connectivity index (χ4n) is 3.83. The van der Waals surface area contributed by atoms with Crippen LogP contribution >= 0.6 is 0 Å². The molecule has 1 saturated heterocycles. The van der Waals surface area contributed by atoms with Crippen molar-refractivity contribution >= 4 is 10.0 Å². The van der Waals surface area contributed by atoms with E-state index in [0.717, 1.165) is 31.7 Å². The Kier molecular flexibility index (Phi) is 3.17. The van der Waals surface area contributed by atoms with E-state index in [2.05, 4.69) is 10.0 Å². The smallest absolute Gasteiger partial charge is 0.213 e. The standard InChI is InChI=1S/C12H22N2O2S/c15-17(16,8-11-2-1-5-13-11)14-12-7-9-3-4-10(12)6-9/h9-14H,1-8H2. The zero-order valence-electron chi connectivity index (χ0n) is 10.2. The quantitative estimate of drug-likeness (QED) is 0.786. The molecule has 1 aliphatic heterocycles. The van der Waals surface area contributed by atoms with Gasteiger partial charge in [0, 0.05) is 12.1 Å². The van der Waals surface area contributed by atoms with Gasteiger partial charge in [-0.1, -0.05) is 6.42 Å². The molecule has 0 radical (unpaired) electrons. The highest BCUT2D eigenvalue weighted by Gasteiger charge is 2.41.